The topological polar surface area (TPSA) is 30.5 Å². The molecule has 0 saturated heterocycles. The molecular formula is C17H28ClNO2. The van der Waals surface area contributed by atoms with Crippen molar-refractivity contribution in [2.24, 2.45) is 0 Å². The van der Waals surface area contributed by atoms with Crippen LogP contribution in [-0.2, 0) is 0 Å². The van der Waals surface area contributed by atoms with E-state index in [1.807, 2.05) is 12.1 Å². The van der Waals surface area contributed by atoms with Gasteiger partial charge in [-0.2, -0.15) is 0 Å². The van der Waals surface area contributed by atoms with Crippen LogP contribution in [0.1, 0.15) is 52.4 Å². The number of anilines is 1. The van der Waals surface area contributed by atoms with Crippen LogP contribution in [0.25, 0.3) is 0 Å². The van der Waals surface area contributed by atoms with E-state index in [1.165, 1.54) is 32.1 Å². The Kier molecular flexibility index (Phi) is 8.36. The molecule has 1 aromatic rings. The summed E-state index contributed by atoms with van der Waals surface area (Å²) >= 11 is 6.18. The molecule has 0 bridgehead atoms. The highest BCUT2D eigenvalue weighted by Crippen LogP contribution is 2.36. The predicted octanol–water partition coefficient (Wildman–Crippen LogP) is 5.52. The first-order valence-corrected chi connectivity index (χ1v) is 8.18. The smallest absolute Gasteiger partial charge is 0.145 e. The maximum Gasteiger partial charge on any atom is 0.145 e. The summed E-state index contributed by atoms with van der Waals surface area (Å²) in [6, 6.07) is 4.08. The van der Waals surface area contributed by atoms with Crippen molar-refractivity contribution < 1.29 is 9.47 Å². The van der Waals surface area contributed by atoms with E-state index in [9.17, 15) is 0 Å². The lowest BCUT2D eigenvalue weighted by Crippen LogP contribution is -2.15. The van der Waals surface area contributed by atoms with Crippen molar-refractivity contribution >= 4 is 17.3 Å². The summed E-state index contributed by atoms with van der Waals surface area (Å²) in [7, 11) is 3.26. The molecule has 0 aliphatic heterocycles. The van der Waals surface area contributed by atoms with E-state index < -0.39 is 0 Å². The van der Waals surface area contributed by atoms with E-state index in [1.54, 1.807) is 14.2 Å². The molecule has 1 atom stereocenters. The molecule has 0 aromatic heterocycles. The van der Waals surface area contributed by atoms with Crippen molar-refractivity contribution in [3.63, 3.8) is 0 Å². The highest BCUT2D eigenvalue weighted by atomic mass is 35.5. The van der Waals surface area contributed by atoms with Gasteiger partial charge < -0.3 is 14.8 Å². The Bertz CT molecular complexity index is 423. The fourth-order valence-electron chi connectivity index (χ4n) is 2.36. The molecule has 0 amide bonds. The van der Waals surface area contributed by atoms with Crippen LogP contribution >= 0.6 is 11.6 Å². The average molecular weight is 314 g/mol. The van der Waals surface area contributed by atoms with Gasteiger partial charge in [-0.1, -0.05) is 50.6 Å². The van der Waals surface area contributed by atoms with E-state index in [0.29, 0.717) is 16.8 Å². The van der Waals surface area contributed by atoms with Crippen LogP contribution in [0.3, 0.4) is 0 Å². The number of halogens is 1. The summed E-state index contributed by atoms with van der Waals surface area (Å²) in [4.78, 5) is 0. The van der Waals surface area contributed by atoms with Gasteiger partial charge in [0, 0.05) is 12.1 Å². The first-order valence-electron chi connectivity index (χ1n) is 7.80. The van der Waals surface area contributed by atoms with Crippen molar-refractivity contribution in [3.05, 3.63) is 17.2 Å². The minimum Gasteiger partial charge on any atom is -0.495 e. The molecule has 21 heavy (non-hydrogen) atoms. The van der Waals surface area contributed by atoms with Crippen LogP contribution in [0, 0.1) is 0 Å². The first-order chi connectivity index (χ1) is 10.1. The summed E-state index contributed by atoms with van der Waals surface area (Å²) in [5.41, 5.74) is 0.921. The summed E-state index contributed by atoms with van der Waals surface area (Å²) in [5.74, 6) is 1.39. The van der Waals surface area contributed by atoms with E-state index >= 15 is 0 Å². The normalized spacial score (nSPS) is 12.0. The van der Waals surface area contributed by atoms with Crippen LogP contribution in [-0.4, -0.2) is 20.3 Å². The minimum atomic E-state index is 0.394. The molecule has 0 aliphatic carbocycles. The zero-order valence-electron chi connectivity index (χ0n) is 13.7. The zero-order valence-corrected chi connectivity index (χ0v) is 14.4. The maximum absolute atomic E-state index is 6.18. The van der Waals surface area contributed by atoms with Gasteiger partial charge in [0.05, 0.1) is 24.9 Å². The van der Waals surface area contributed by atoms with Crippen LogP contribution in [0.15, 0.2) is 12.1 Å². The molecule has 1 aromatic carbocycles. The van der Waals surface area contributed by atoms with Gasteiger partial charge in [0.1, 0.15) is 11.5 Å². The Morgan fingerprint density at radius 3 is 2.33 bits per heavy atom. The Morgan fingerprint density at radius 1 is 1.05 bits per heavy atom. The molecule has 3 nitrogen and oxygen atoms in total. The maximum atomic E-state index is 6.18. The molecule has 1 unspecified atom stereocenters. The second kappa shape index (κ2) is 9.78. The Hall–Kier alpha value is -1.09. The minimum absolute atomic E-state index is 0.394. The first kappa shape index (κ1) is 18.0. The third-order valence-electron chi connectivity index (χ3n) is 3.62. The van der Waals surface area contributed by atoms with E-state index in [4.69, 9.17) is 21.1 Å². The van der Waals surface area contributed by atoms with Gasteiger partial charge in [0.25, 0.3) is 0 Å². The fraction of sp³-hybridized carbons (Fsp3) is 0.647. The summed E-state index contributed by atoms with van der Waals surface area (Å²) in [6.45, 7) is 4.43. The quantitative estimate of drug-likeness (QED) is 0.577. The molecular weight excluding hydrogens is 286 g/mol. The number of benzene rings is 1. The standard InChI is InChI=1S/C17H28ClNO2/c1-5-6-7-8-9-10-13(2)19-15-11-14(18)16(20-3)12-17(15)21-4/h11-13,19H,5-10H2,1-4H3. The highest BCUT2D eigenvalue weighted by molar-refractivity contribution is 6.32. The zero-order chi connectivity index (χ0) is 15.7. The van der Waals surface area contributed by atoms with Crippen LogP contribution in [0.2, 0.25) is 5.02 Å². The number of ether oxygens (including phenoxy) is 2. The molecule has 0 radical (unpaired) electrons. The van der Waals surface area contributed by atoms with Crippen molar-refractivity contribution in [2.75, 3.05) is 19.5 Å². The lowest BCUT2D eigenvalue weighted by Gasteiger charge is -2.18. The third-order valence-corrected chi connectivity index (χ3v) is 3.91. The second-order valence-corrected chi connectivity index (χ2v) is 5.84. The van der Waals surface area contributed by atoms with Crippen molar-refractivity contribution in [1.29, 1.82) is 0 Å². The van der Waals surface area contributed by atoms with Crippen molar-refractivity contribution in [2.45, 2.75) is 58.4 Å². The van der Waals surface area contributed by atoms with E-state index in [2.05, 4.69) is 19.2 Å². The van der Waals surface area contributed by atoms with Crippen molar-refractivity contribution in [3.8, 4) is 11.5 Å². The molecule has 0 heterocycles. The van der Waals surface area contributed by atoms with Gasteiger partial charge >= 0.3 is 0 Å². The molecule has 0 aliphatic rings. The Balaban J connectivity index is 2.55. The number of hydrogen-bond donors (Lipinski definition) is 1. The number of methoxy groups -OCH3 is 2. The SMILES string of the molecule is CCCCCCCC(C)Nc1cc(Cl)c(OC)cc1OC. The summed E-state index contributed by atoms with van der Waals surface area (Å²) in [5, 5.41) is 4.07. The summed E-state index contributed by atoms with van der Waals surface area (Å²) < 4.78 is 10.6. The number of rotatable bonds is 10. The lowest BCUT2D eigenvalue weighted by atomic mass is 10.1. The highest BCUT2D eigenvalue weighted by Gasteiger charge is 2.11. The number of nitrogens with one attached hydrogen (secondary N) is 1. The molecule has 0 fully saturated rings. The number of unbranched alkanes of at least 4 members (excludes halogenated alkanes) is 4. The van der Waals surface area contributed by atoms with Crippen LogP contribution in [0.5, 0.6) is 11.5 Å². The molecule has 0 saturated carbocycles. The van der Waals surface area contributed by atoms with Gasteiger partial charge in [-0.25, -0.2) is 0 Å². The van der Waals surface area contributed by atoms with E-state index in [-0.39, 0.29) is 0 Å². The second-order valence-electron chi connectivity index (χ2n) is 5.44. The molecule has 4 heteroatoms. The Labute approximate surface area is 134 Å². The summed E-state index contributed by atoms with van der Waals surface area (Å²) in [6.07, 6.45) is 7.66. The van der Waals surface area contributed by atoms with Gasteiger partial charge in [0.2, 0.25) is 0 Å². The Morgan fingerprint density at radius 2 is 1.71 bits per heavy atom. The number of hydrogen-bond acceptors (Lipinski definition) is 3. The largest absolute Gasteiger partial charge is 0.495 e. The van der Waals surface area contributed by atoms with Crippen molar-refractivity contribution in [1.82, 2.24) is 0 Å². The lowest BCUT2D eigenvalue weighted by molar-refractivity contribution is 0.395. The van der Waals surface area contributed by atoms with Gasteiger partial charge in [-0.05, 0) is 19.4 Å². The predicted molar refractivity (Wildman–Crippen MR) is 91.0 cm³/mol. The molecule has 120 valence electrons. The molecule has 1 N–H and O–H groups in total. The monoisotopic (exact) mass is 313 g/mol. The van der Waals surface area contributed by atoms with Crippen LogP contribution in [0.4, 0.5) is 5.69 Å². The molecule has 0 spiro atoms. The van der Waals surface area contributed by atoms with Crippen LogP contribution < -0.4 is 14.8 Å². The van der Waals surface area contributed by atoms with E-state index in [0.717, 1.165) is 17.9 Å². The van der Waals surface area contributed by atoms with Gasteiger partial charge in [-0.3, -0.25) is 0 Å². The van der Waals surface area contributed by atoms with Gasteiger partial charge in [-0.15, -0.1) is 0 Å². The third kappa shape index (κ3) is 6.04. The van der Waals surface area contributed by atoms with Gasteiger partial charge in [0.15, 0.2) is 0 Å². The fourth-order valence-corrected chi connectivity index (χ4v) is 2.61. The molecule has 1 rings (SSSR count). The average Bonchev–Trinajstić information content (AvgIpc) is 2.47.